The summed E-state index contributed by atoms with van der Waals surface area (Å²) in [7, 11) is 1.88. The molecule has 1 amide bonds. The van der Waals surface area contributed by atoms with E-state index in [-0.39, 0.29) is 5.91 Å². The average molecular weight is 221 g/mol. The van der Waals surface area contributed by atoms with Crippen LogP contribution in [0.15, 0.2) is 0 Å². The highest BCUT2D eigenvalue weighted by Gasteiger charge is 2.24. The third kappa shape index (κ3) is 1.96. The first-order valence-corrected chi connectivity index (χ1v) is 5.86. The predicted octanol–water partition coefficient (Wildman–Crippen LogP) is 1.90. The van der Waals surface area contributed by atoms with E-state index in [1.807, 2.05) is 25.8 Å². The Hall–Kier alpha value is -1.32. The van der Waals surface area contributed by atoms with Gasteiger partial charge in [0.2, 0.25) is 0 Å². The molecule has 0 atom stereocenters. The fraction of sp³-hybridized carbons (Fsp3) is 0.667. The number of carbonyl (C=O) groups excluding carboxylic acids is 1. The van der Waals surface area contributed by atoms with Crippen molar-refractivity contribution in [2.24, 2.45) is 5.92 Å². The molecule has 4 nitrogen and oxygen atoms in total. The predicted molar refractivity (Wildman–Crippen MR) is 62.4 cm³/mol. The summed E-state index contributed by atoms with van der Waals surface area (Å²) >= 11 is 0. The number of H-pyrrole nitrogens is 1. The van der Waals surface area contributed by atoms with Gasteiger partial charge < -0.3 is 4.90 Å². The smallest absolute Gasteiger partial charge is 0.257 e. The van der Waals surface area contributed by atoms with E-state index in [9.17, 15) is 4.79 Å². The van der Waals surface area contributed by atoms with Gasteiger partial charge >= 0.3 is 0 Å². The van der Waals surface area contributed by atoms with E-state index >= 15 is 0 Å². The van der Waals surface area contributed by atoms with Crippen molar-refractivity contribution in [2.75, 3.05) is 13.6 Å². The molecule has 1 fully saturated rings. The van der Waals surface area contributed by atoms with Crippen LogP contribution in [-0.2, 0) is 0 Å². The normalized spacial score (nSPS) is 15.9. The van der Waals surface area contributed by atoms with Crippen LogP contribution in [0.2, 0.25) is 0 Å². The molecule has 0 aromatic carbocycles. The van der Waals surface area contributed by atoms with E-state index in [4.69, 9.17) is 0 Å². The molecule has 0 bridgehead atoms. The van der Waals surface area contributed by atoms with Gasteiger partial charge in [0.1, 0.15) is 0 Å². The lowest BCUT2D eigenvalue weighted by molar-refractivity contribution is 0.0744. The van der Waals surface area contributed by atoms with Crippen LogP contribution >= 0.6 is 0 Å². The van der Waals surface area contributed by atoms with Crippen LogP contribution in [0.4, 0.5) is 0 Å². The molecule has 0 spiro atoms. The van der Waals surface area contributed by atoms with Crippen LogP contribution in [0.25, 0.3) is 0 Å². The van der Waals surface area contributed by atoms with E-state index < -0.39 is 0 Å². The van der Waals surface area contributed by atoms with Gasteiger partial charge in [0.05, 0.1) is 11.3 Å². The highest BCUT2D eigenvalue weighted by Crippen LogP contribution is 2.27. The molecule has 0 saturated heterocycles. The number of aryl methyl sites for hydroxylation is 2. The minimum Gasteiger partial charge on any atom is -0.341 e. The van der Waals surface area contributed by atoms with Gasteiger partial charge in [-0.15, -0.1) is 0 Å². The first-order chi connectivity index (χ1) is 7.59. The molecule has 16 heavy (non-hydrogen) atoms. The number of hydrogen-bond donors (Lipinski definition) is 1. The number of aromatic nitrogens is 2. The number of nitrogens with one attached hydrogen (secondary N) is 1. The molecule has 1 saturated carbocycles. The number of amides is 1. The van der Waals surface area contributed by atoms with Crippen LogP contribution < -0.4 is 0 Å². The Bertz CT molecular complexity index is 373. The van der Waals surface area contributed by atoms with Crippen molar-refractivity contribution in [1.82, 2.24) is 15.1 Å². The van der Waals surface area contributed by atoms with Crippen LogP contribution in [0.5, 0.6) is 0 Å². The fourth-order valence-corrected chi connectivity index (χ4v) is 2.20. The Morgan fingerprint density at radius 1 is 1.50 bits per heavy atom. The van der Waals surface area contributed by atoms with Crippen molar-refractivity contribution < 1.29 is 4.79 Å². The van der Waals surface area contributed by atoms with Crippen LogP contribution in [-0.4, -0.2) is 34.6 Å². The molecule has 1 heterocycles. The van der Waals surface area contributed by atoms with Crippen LogP contribution in [0, 0.1) is 19.8 Å². The lowest BCUT2D eigenvalue weighted by atomic mass is 9.85. The van der Waals surface area contributed by atoms with Gasteiger partial charge in [-0.2, -0.15) is 5.10 Å². The van der Waals surface area contributed by atoms with Gasteiger partial charge in [0.15, 0.2) is 0 Å². The summed E-state index contributed by atoms with van der Waals surface area (Å²) in [6.07, 6.45) is 3.85. The first-order valence-electron chi connectivity index (χ1n) is 5.86. The van der Waals surface area contributed by atoms with Crippen LogP contribution in [0.1, 0.15) is 41.0 Å². The van der Waals surface area contributed by atoms with Crippen molar-refractivity contribution >= 4 is 5.91 Å². The molecular formula is C12H19N3O. The third-order valence-corrected chi connectivity index (χ3v) is 3.45. The maximum Gasteiger partial charge on any atom is 0.257 e. The average Bonchev–Trinajstić information content (AvgIpc) is 2.51. The number of rotatable bonds is 3. The Balaban J connectivity index is 2.05. The molecule has 0 aliphatic heterocycles. The maximum atomic E-state index is 12.2. The van der Waals surface area contributed by atoms with Gasteiger partial charge in [-0.25, -0.2) is 0 Å². The number of aromatic amines is 1. The summed E-state index contributed by atoms with van der Waals surface area (Å²) in [5.41, 5.74) is 2.40. The van der Waals surface area contributed by atoms with Crippen molar-refractivity contribution in [2.45, 2.75) is 33.1 Å². The SMILES string of the molecule is Cc1n[nH]c(C)c1C(=O)N(C)CC1CCC1. The van der Waals surface area contributed by atoms with Crippen molar-refractivity contribution in [3.8, 4) is 0 Å². The molecule has 1 aliphatic carbocycles. The van der Waals surface area contributed by atoms with Gasteiger partial charge in [0.25, 0.3) is 5.91 Å². The van der Waals surface area contributed by atoms with E-state index in [1.165, 1.54) is 19.3 Å². The van der Waals surface area contributed by atoms with Crippen LogP contribution in [0.3, 0.4) is 0 Å². The standard InChI is InChI=1S/C12H19N3O/c1-8-11(9(2)14-13-8)12(16)15(3)7-10-5-4-6-10/h10H,4-7H2,1-3H3,(H,13,14). The molecule has 1 aromatic rings. The Morgan fingerprint density at radius 2 is 2.19 bits per heavy atom. The number of carbonyl (C=O) groups is 1. The first kappa shape index (κ1) is 11.2. The second-order valence-electron chi connectivity index (χ2n) is 4.79. The quantitative estimate of drug-likeness (QED) is 0.847. The molecule has 88 valence electrons. The highest BCUT2D eigenvalue weighted by molar-refractivity contribution is 5.96. The summed E-state index contributed by atoms with van der Waals surface area (Å²) in [6, 6.07) is 0. The van der Waals surface area contributed by atoms with Gasteiger partial charge in [-0.3, -0.25) is 9.89 Å². The largest absolute Gasteiger partial charge is 0.341 e. The second kappa shape index (κ2) is 4.28. The highest BCUT2D eigenvalue weighted by atomic mass is 16.2. The lowest BCUT2D eigenvalue weighted by Crippen LogP contribution is -2.34. The van der Waals surface area contributed by atoms with Gasteiger partial charge in [0, 0.05) is 19.3 Å². The zero-order valence-electron chi connectivity index (χ0n) is 10.2. The van der Waals surface area contributed by atoms with Gasteiger partial charge in [-0.1, -0.05) is 6.42 Å². The molecule has 0 radical (unpaired) electrons. The third-order valence-electron chi connectivity index (χ3n) is 3.45. The van der Waals surface area contributed by atoms with E-state index in [2.05, 4.69) is 10.2 Å². The maximum absolute atomic E-state index is 12.2. The zero-order chi connectivity index (χ0) is 11.7. The van der Waals surface area contributed by atoms with Crippen molar-refractivity contribution in [3.05, 3.63) is 17.0 Å². The van der Waals surface area contributed by atoms with Crippen molar-refractivity contribution in [1.29, 1.82) is 0 Å². The molecule has 0 unspecified atom stereocenters. The molecule has 1 aliphatic rings. The van der Waals surface area contributed by atoms with Gasteiger partial charge in [-0.05, 0) is 32.6 Å². The molecule has 2 rings (SSSR count). The Labute approximate surface area is 96.0 Å². The van der Waals surface area contributed by atoms with E-state index in [0.717, 1.165) is 23.5 Å². The molecule has 1 aromatic heterocycles. The topological polar surface area (TPSA) is 49.0 Å². The minimum absolute atomic E-state index is 0.0932. The summed E-state index contributed by atoms with van der Waals surface area (Å²) < 4.78 is 0. The number of nitrogens with zero attached hydrogens (tertiary/aromatic N) is 2. The van der Waals surface area contributed by atoms with E-state index in [0.29, 0.717) is 5.92 Å². The van der Waals surface area contributed by atoms with E-state index in [1.54, 1.807) is 0 Å². The minimum atomic E-state index is 0.0932. The molecule has 1 N–H and O–H groups in total. The fourth-order valence-electron chi connectivity index (χ4n) is 2.20. The number of hydrogen-bond acceptors (Lipinski definition) is 2. The Kier molecular flexibility index (Phi) is 2.99. The molecular weight excluding hydrogens is 202 g/mol. The lowest BCUT2D eigenvalue weighted by Gasteiger charge is -2.30. The summed E-state index contributed by atoms with van der Waals surface area (Å²) in [5, 5.41) is 6.92. The van der Waals surface area contributed by atoms with Crippen molar-refractivity contribution in [3.63, 3.8) is 0 Å². The second-order valence-corrected chi connectivity index (χ2v) is 4.79. The Morgan fingerprint density at radius 3 is 2.62 bits per heavy atom. The summed E-state index contributed by atoms with van der Waals surface area (Å²) in [4.78, 5) is 14.0. The summed E-state index contributed by atoms with van der Waals surface area (Å²) in [5.74, 6) is 0.803. The summed E-state index contributed by atoms with van der Waals surface area (Å²) in [6.45, 7) is 4.64. The monoisotopic (exact) mass is 221 g/mol. The zero-order valence-corrected chi connectivity index (χ0v) is 10.2. The molecule has 4 heteroatoms.